The fraction of sp³-hybridized carbons (Fsp3) is 0.625. The maximum Gasteiger partial charge on any atom is 0.323 e. The van der Waals surface area contributed by atoms with Crippen molar-refractivity contribution in [3.05, 3.63) is 0 Å². The number of esters is 2. The topological polar surface area (TPSA) is 76.4 Å². The van der Waals surface area contributed by atoms with Crippen LogP contribution < -0.4 is 0 Å². The number of nitriles is 1. The Bertz CT molecular complexity index is 231. The van der Waals surface area contributed by atoms with Gasteiger partial charge in [0.2, 0.25) is 0 Å². The minimum Gasteiger partial charge on any atom is -0.469 e. The molecule has 0 aromatic carbocycles. The molecule has 0 saturated heterocycles. The summed E-state index contributed by atoms with van der Waals surface area (Å²) in [6.07, 6.45) is -0.258. The van der Waals surface area contributed by atoms with E-state index in [2.05, 4.69) is 9.47 Å². The van der Waals surface area contributed by atoms with E-state index in [9.17, 15) is 9.59 Å². The zero-order valence-electron chi connectivity index (χ0n) is 7.57. The van der Waals surface area contributed by atoms with Crippen molar-refractivity contribution in [3.63, 3.8) is 0 Å². The second-order valence-corrected chi connectivity index (χ2v) is 2.21. The van der Waals surface area contributed by atoms with Crippen LogP contribution in [0, 0.1) is 17.2 Å². The Morgan fingerprint density at radius 2 is 2.15 bits per heavy atom. The van der Waals surface area contributed by atoms with E-state index in [0.29, 0.717) is 0 Å². The molecular weight excluding hydrogens is 174 g/mol. The van der Waals surface area contributed by atoms with Crippen molar-refractivity contribution >= 4 is 11.9 Å². The van der Waals surface area contributed by atoms with Crippen LogP contribution in [-0.2, 0) is 19.1 Å². The molecule has 0 aliphatic heterocycles. The third-order valence-electron chi connectivity index (χ3n) is 1.33. The molecule has 0 rings (SSSR count). The lowest BCUT2D eigenvalue weighted by Crippen LogP contribution is -2.20. The molecule has 0 N–H and O–H groups in total. The maximum atomic E-state index is 11.0. The quantitative estimate of drug-likeness (QED) is 0.587. The van der Waals surface area contributed by atoms with Crippen molar-refractivity contribution in [1.29, 1.82) is 5.26 Å². The monoisotopic (exact) mass is 185 g/mol. The van der Waals surface area contributed by atoms with Crippen molar-refractivity contribution in [2.45, 2.75) is 13.3 Å². The fourth-order valence-electron chi connectivity index (χ4n) is 0.675. The number of rotatable bonds is 4. The molecule has 0 bridgehead atoms. The predicted octanol–water partition coefficient (Wildman–Crippen LogP) is 0.252. The van der Waals surface area contributed by atoms with Crippen LogP contribution in [0.1, 0.15) is 13.3 Å². The third-order valence-corrected chi connectivity index (χ3v) is 1.33. The maximum absolute atomic E-state index is 11.0. The van der Waals surface area contributed by atoms with Gasteiger partial charge in [-0.15, -0.1) is 0 Å². The summed E-state index contributed by atoms with van der Waals surface area (Å²) in [6.45, 7) is 1.82. The highest BCUT2D eigenvalue weighted by Crippen LogP contribution is 2.05. The highest BCUT2D eigenvalue weighted by Gasteiger charge is 2.22. The van der Waals surface area contributed by atoms with Crippen molar-refractivity contribution in [1.82, 2.24) is 0 Å². The lowest BCUT2D eigenvalue weighted by molar-refractivity contribution is -0.151. The first kappa shape index (κ1) is 11.4. The molecular formula is C8H11NO4. The summed E-state index contributed by atoms with van der Waals surface area (Å²) in [5.41, 5.74) is 0. The van der Waals surface area contributed by atoms with Crippen LogP contribution in [-0.4, -0.2) is 25.7 Å². The van der Waals surface area contributed by atoms with Crippen molar-refractivity contribution < 1.29 is 19.1 Å². The van der Waals surface area contributed by atoms with E-state index < -0.39 is 17.9 Å². The molecule has 0 saturated carbocycles. The molecule has 0 aromatic rings. The van der Waals surface area contributed by atoms with Crippen LogP contribution in [0.25, 0.3) is 0 Å². The molecule has 5 heteroatoms. The normalized spacial score (nSPS) is 11.2. The van der Waals surface area contributed by atoms with E-state index in [0.717, 1.165) is 0 Å². The minimum atomic E-state index is -1.06. The molecule has 1 unspecified atom stereocenters. The van der Waals surface area contributed by atoms with Crippen LogP contribution in [0.4, 0.5) is 0 Å². The van der Waals surface area contributed by atoms with Gasteiger partial charge in [-0.3, -0.25) is 9.59 Å². The summed E-state index contributed by atoms with van der Waals surface area (Å²) < 4.78 is 8.88. The van der Waals surface area contributed by atoms with Gasteiger partial charge in [-0.25, -0.2) is 0 Å². The van der Waals surface area contributed by atoms with Gasteiger partial charge in [0.1, 0.15) is 0 Å². The molecule has 0 aliphatic carbocycles. The Morgan fingerprint density at radius 3 is 2.54 bits per heavy atom. The summed E-state index contributed by atoms with van der Waals surface area (Å²) in [4.78, 5) is 21.7. The van der Waals surface area contributed by atoms with Crippen LogP contribution in [0.2, 0.25) is 0 Å². The SMILES string of the molecule is CCOC(=O)C(C#N)CC(=O)OC. The lowest BCUT2D eigenvalue weighted by atomic mass is 10.1. The van der Waals surface area contributed by atoms with Gasteiger partial charge in [-0.2, -0.15) is 5.26 Å². The van der Waals surface area contributed by atoms with Crippen LogP contribution >= 0.6 is 0 Å². The van der Waals surface area contributed by atoms with Gasteiger partial charge < -0.3 is 9.47 Å². The second kappa shape index (κ2) is 6.00. The van der Waals surface area contributed by atoms with Crippen LogP contribution in [0.3, 0.4) is 0 Å². The molecule has 72 valence electrons. The molecule has 0 aromatic heterocycles. The van der Waals surface area contributed by atoms with E-state index in [1.165, 1.54) is 7.11 Å². The summed E-state index contributed by atoms with van der Waals surface area (Å²) in [7, 11) is 1.20. The summed E-state index contributed by atoms with van der Waals surface area (Å²) >= 11 is 0. The standard InChI is InChI=1S/C8H11NO4/c1-3-13-8(11)6(5-9)4-7(10)12-2/h6H,3-4H2,1-2H3. The molecule has 0 spiro atoms. The predicted molar refractivity (Wildman–Crippen MR) is 42.4 cm³/mol. The average molecular weight is 185 g/mol. The molecule has 0 amide bonds. The smallest absolute Gasteiger partial charge is 0.323 e. The number of carbonyl (C=O) groups is 2. The average Bonchev–Trinajstić information content (AvgIpc) is 2.14. The molecule has 0 heterocycles. The van der Waals surface area contributed by atoms with Crippen molar-refractivity contribution in [3.8, 4) is 6.07 Å². The largest absolute Gasteiger partial charge is 0.469 e. The number of hydrogen-bond donors (Lipinski definition) is 0. The summed E-state index contributed by atoms with van der Waals surface area (Å²) in [5, 5.41) is 8.51. The van der Waals surface area contributed by atoms with E-state index >= 15 is 0 Å². The lowest BCUT2D eigenvalue weighted by Gasteiger charge is -2.05. The number of hydrogen-bond acceptors (Lipinski definition) is 5. The van der Waals surface area contributed by atoms with Gasteiger partial charge in [0.05, 0.1) is 26.2 Å². The number of ether oxygens (including phenoxy) is 2. The molecule has 5 nitrogen and oxygen atoms in total. The van der Waals surface area contributed by atoms with Gasteiger partial charge in [0.25, 0.3) is 0 Å². The van der Waals surface area contributed by atoms with Crippen molar-refractivity contribution in [2.24, 2.45) is 5.92 Å². The van der Waals surface area contributed by atoms with Gasteiger partial charge in [0.15, 0.2) is 5.92 Å². The second-order valence-electron chi connectivity index (χ2n) is 2.21. The Balaban J connectivity index is 4.12. The number of methoxy groups -OCH3 is 1. The Hall–Kier alpha value is -1.57. The molecule has 0 radical (unpaired) electrons. The molecule has 13 heavy (non-hydrogen) atoms. The van der Waals surface area contributed by atoms with E-state index in [1.807, 2.05) is 0 Å². The van der Waals surface area contributed by atoms with E-state index in [-0.39, 0.29) is 13.0 Å². The Morgan fingerprint density at radius 1 is 1.54 bits per heavy atom. The Labute approximate surface area is 76.2 Å². The minimum absolute atomic E-state index is 0.193. The number of nitrogens with zero attached hydrogens (tertiary/aromatic N) is 1. The summed E-state index contributed by atoms with van der Waals surface area (Å²) in [5.74, 6) is -2.34. The highest BCUT2D eigenvalue weighted by atomic mass is 16.5. The van der Waals surface area contributed by atoms with Gasteiger partial charge in [-0.05, 0) is 6.92 Å². The first-order valence-corrected chi connectivity index (χ1v) is 3.78. The molecule has 0 aliphatic rings. The third kappa shape index (κ3) is 4.11. The summed E-state index contributed by atoms with van der Waals surface area (Å²) in [6, 6.07) is 1.68. The van der Waals surface area contributed by atoms with E-state index in [4.69, 9.17) is 5.26 Å². The highest BCUT2D eigenvalue weighted by molar-refractivity contribution is 5.81. The van der Waals surface area contributed by atoms with Crippen LogP contribution in [0.15, 0.2) is 0 Å². The van der Waals surface area contributed by atoms with Gasteiger partial charge in [-0.1, -0.05) is 0 Å². The van der Waals surface area contributed by atoms with Crippen molar-refractivity contribution in [2.75, 3.05) is 13.7 Å². The first-order chi connectivity index (χ1) is 6.15. The van der Waals surface area contributed by atoms with E-state index in [1.54, 1.807) is 13.0 Å². The zero-order valence-corrected chi connectivity index (χ0v) is 7.57. The molecule has 0 fully saturated rings. The first-order valence-electron chi connectivity index (χ1n) is 3.78. The van der Waals surface area contributed by atoms with Gasteiger partial charge in [0, 0.05) is 0 Å². The fourth-order valence-corrected chi connectivity index (χ4v) is 0.675. The Kier molecular flexibility index (Phi) is 5.28. The van der Waals surface area contributed by atoms with Gasteiger partial charge >= 0.3 is 11.9 Å². The molecule has 1 atom stereocenters. The number of carbonyl (C=O) groups excluding carboxylic acids is 2. The zero-order chi connectivity index (χ0) is 10.3. The van der Waals surface area contributed by atoms with Crippen LogP contribution in [0.5, 0.6) is 0 Å².